The summed E-state index contributed by atoms with van der Waals surface area (Å²) in [5.74, 6) is -1.74. The van der Waals surface area contributed by atoms with Gasteiger partial charge in [0.25, 0.3) is 0 Å². The van der Waals surface area contributed by atoms with Crippen LogP contribution < -0.4 is 10.6 Å². The summed E-state index contributed by atoms with van der Waals surface area (Å²) in [4.78, 5) is 21.7. The molecule has 0 spiro atoms. The maximum Gasteiger partial charge on any atom is 0.242 e. The van der Waals surface area contributed by atoms with Crippen molar-refractivity contribution < 1.29 is 22.0 Å². The van der Waals surface area contributed by atoms with Crippen LogP contribution in [0.15, 0.2) is 47.5 Å². The van der Waals surface area contributed by atoms with Crippen molar-refractivity contribution in [3.05, 3.63) is 71.1 Å². The molecule has 0 atom stereocenters. The molecule has 1 amide bonds. The number of hydrogen-bond donors (Lipinski definition) is 2. The third-order valence-corrected chi connectivity index (χ3v) is 9.05. The predicted molar refractivity (Wildman–Crippen MR) is 151 cm³/mol. The summed E-state index contributed by atoms with van der Waals surface area (Å²) < 4.78 is 53.4. The van der Waals surface area contributed by atoms with E-state index in [9.17, 15) is 22.0 Å². The van der Waals surface area contributed by atoms with Crippen molar-refractivity contribution in [2.24, 2.45) is 5.92 Å². The number of benzene rings is 2. The van der Waals surface area contributed by atoms with E-state index in [1.807, 2.05) is 6.92 Å². The molecule has 1 aliphatic rings. The van der Waals surface area contributed by atoms with Crippen LogP contribution in [0.4, 0.5) is 26.1 Å². The van der Waals surface area contributed by atoms with Gasteiger partial charge in [0.05, 0.1) is 28.9 Å². The van der Waals surface area contributed by atoms with E-state index in [0.717, 1.165) is 28.4 Å². The number of halogens is 2. The van der Waals surface area contributed by atoms with Crippen LogP contribution in [0.2, 0.25) is 0 Å². The number of anilines is 3. The van der Waals surface area contributed by atoms with Gasteiger partial charge in [0.1, 0.15) is 0 Å². The SMILES string of the molecule is Cc1ccc(S(=O)(=O)N(C)C)cc1Nc1cnc(NC(=O)Cc2ccc(F)c(F)c2)nc1CCC1CCCCC1. The van der Waals surface area contributed by atoms with Gasteiger partial charge in [-0.05, 0) is 61.1 Å². The molecule has 0 saturated heterocycles. The van der Waals surface area contributed by atoms with Crippen LogP contribution >= 0.6 is 0 Å². The first kappa shape index (κ1) is 29.5. The summed E-state index contributed by atoms with van der Waals surface area (Å²) >= 11 is 0. The Morgan fingerprint density at radius 3 is 2.48 bits per heavy atom. The maximum atomic E-state index is 13.6. The third-order valence-electron chi connectivity index (χ3n) is 7.24. The number of nitrogens with zero attached hydrogens (tertiary/aromatic N) is 3. The number of carbonyl (C=O) groups is 1. The van der Waals surface area contributed by atoms with Crippen molar-refractivity contribution in [2.75, 3.05) is 24.7 Å². The Hall–Kier alpha value is -3.44. The molecule has 1 aromatic heterocycles. The van der Waals surface area contributed by atoms with Gasteiger partial charge in [-0.1, -0.05) is 44.2 Å². The van der Waals surface area contributed by atoms with Crippen LogP contribution in [0, 0.1) is 24.5 Å². The molecule has 40 heavy (non-hydrogen) atoms. The molecule has 1 heterocycles. The van der Waals surface area contributed by atoms with E-state index < -0.39 is 27.6 Å². The first-order valence-corrected chi connectivity index (χ1v) is 14.9. The first-order chi connectivity index (χ1) is 19.0. The molecule has 8 nitrogen and oxygen atoms in total. The van der Waals surface area contributed by atoms with Crippen LogP contribution in [0.25, 0.3) is 0 Å². The van der Waals surface area contributed by atoms with E-state index in [1.165, 1.54) is 52.3 Å². The summed E-state index contributed by atoms with van der Waals surface area (Å²) in [5.41, 5.74) is 3.11. The number of rotatable bonds is 10. The van der Waals surface area contributed by atoms with Gasteiger partial charge in [0.15, 0.2) is 11.6 Å². The molecule has 1 fully saturated rings. The van der Waals surface area contributed by atoms with Crippen molar-refractivity contribution in [3.8, 4) is 0 Å². The Labute approximate surface area is 234 Å². The van der Waals surface area contributed by atoms with Gasteiger partial charge in [0, 0.05) is 19.8 Å². The quantitative estimate of drug-likeness (QED) is 0.321. The molecule has 2 aromatic carbocycles. The van der Waals surface area contributed by atoms with E-state index >= 15 is 0 Å². The average molecular weight is 572 g/mol. The molecule has 4 rings (SSSR count). The Bertz CT molecular complexity index is 1470. The van der Waals surface area contributed by atoms with E-state index in [0.29, 0.717) is 35.0 Å². The lowest BCUT2D eigenvalue weighted by Crippen LogP contribution is -2.22. The number of aromatic nitrogens is 2. The smallest absolute Gasteiger partial charge is 0.242 e. The second kappa shape index (κ2) is 12.8. The molecule has 214 valence electrons. The normalized spacial score (nSPS) is 14.3. The standard InChI is InChI=1S/C29H35F2N5O3S/c1-19-9-12-22(40(38,39)36(2)3)17-26(19)33-27-18-32-29(34-25(27)14-11-20-7-5-4-6-8-20)35-28(37)16-21-10-13-23(30)24(31)15-21/h9-10,12-13,15,17-18,20,33H,4-8,11,14,16H2,1-3H3,(H,32,34,35,37). The highest BCUT2D eigenvalue weighted by atomic mass is 32.2. The van der Waals surface area contributed by atoms with E-state index in [2.05, 4.69) is 20.6 Å². The molecular formula is C29H35F2N5O3S. The topological polar surface area (TPSA) is 104 Å². The number of amides is 1. The fourth-order valence-corrected chi connectivity index (χ4v) is 5.77. The van der Waals surface area contributed by atoms with Gasteiger partial charge in [0.2, 0.25) is 21.9 Å². The zero-order valence-electron chi connectivity index (χ0n) is 23.0. The summed E-state index contributed by atoms with van der Waals surface area (Å²) in [6, 6.07) is 8.24. The summed E-state index contributed by atoms with van der Waals surface area (Å²) in [7, 11) is -0.654. The number of hydrogen-bond acceptors (Lipinski definition) is 6. The zero-order valence-corrected chi connectivity index (χ0v) is 23.8. The van der Waals surface area contributed by atoms with Crippen molar-refractivity contribution >= 4 is 33.3 Å². The molecular weight excluding hydrogens is 536 g/mol. The van der Waals surface area contributed by atoms with Crippen LogP contribution in [0.3, 0.4) is 0 Å². The molecule has 2 N–H and O–H groups in total. The molecule has 1 saturated carbocycles. The lowest BCUT2D eigenvalue weighted by Gasteiger charge is -2.22. The number of nitrogens with one attached hydrogen (secondary N) is 2. The zero-order chi connectivity index (χ0) is 28.9. The Morgan fingerprint density at radius 2 is 1.77 bits per heavy atom. The molecule has 1 aliphatic carbocycles. The largest absolute Gasteiger partial charge is 0.353 e. The minimum atomic E-state index is -3.62. The molecule has 0 radical (unpaired) electrons. The predicted octanol–water partition coefficient (Wildman–Crippen LogP) is 5.75. The molecule has 0 unspecified atom stereocenters. The van der Waals surface area contributed by atoms with Crippen LogP contribution in [0.1, 0.15) is 55.3 Å². The molecule has 3 aromatic rings. The Balaban J connectivity index is 1.57. The van der Waals surface area contributed by atoms with Gasteiger partial charge in [-0.15, -0.1) is 0 Å². The van der Waals surface area contributed by atoms with Gasteiger partial charge in [-0.3, -0.25) is 10.1 Å². The lowest BCUT2D eigenvalue weighted by atomic mass is 9.85. The molecule has 0 bridgehead atoms. The average Bonchev–Trinajstić information content (AvgIpc) is 2.92. The Morgan fingerprint density at radius 1 is 1.02 bits per heavy atom. The van der Waals surface area contributed by atoms with Crippen molar-refractivity contribution in [1.82, 2.24) is 14.3 Å². The second-order valence-electron chi connectivity index (χ2n) is 10.5. The minimum Gasteiger partial charge on any atom is -0.353 e. The lowest BCUT2D eigenvalue weighted by molar-refractivity contribution is -0.115. The van der Waals surface area contributed by atoms with Gasteiger partial charge in [-0.2, -0.15) is 0 Å². The van der Waals surface area contributed by atoms with Gasteiger partial charge in [-0.25, -0.2) is 31.5 Å². The first-order valence-electron chi connectivity index (χ1n) is 13.4. The third kappa shape index (κ3) is 7.39. The highest BCUT2D eigenvalue weighted by Gasteiger charge is 2.20. The summed E-state index contributed by atoms with van der Waals surface area (Å²) in [6.07, 6.45) is 9.04. The number of carbonyl (C=O) groups excluding carboxylic acids is 1. The van der Waals surface area contributed by atoms with E-state index in [4.69, 9.17) is 0 Å². The highest BCUT2D eigenvalue weighted by Crippen LogP contribution is 2.31. The van der Waals surface area contributed by atoms with Crippen LogP contribution in [0.5, 0.6) is 0 Å². The maximum absolute atomic E-state index is 13.6. The van der Waals surface area contributed by atoms with Crippen molar-refractivity contribution in [2.45, 2.75) is 63.2 Å². The van der Waals surface area contributed by atoms with Crippen molar-refractivity contribution in [3.63, 3.8) is 0 Å². The fraction of sp³-hybridized carbons (Fsp3) is 0.414. The van der Waals surface area contributed by atoms with Crippen LogP contribution in [-0.2, 0) is 27.7 Å². The monoisotopic (exact) mass is 571 g/mol. The Kier molecular flexibility index (Phi) is 9.47. The van der Waals surface area contributed by atoms with Crippen molar-refractivity contribution in [1.29, 1.82) is 0 Å². The van der Waals surface area contributed by atoms with E-state index in [-0.39, 0.29) is 17.3 Å². The number of aryl methyl sites for hydroxylation is 2. The van der Waals surface area contributed by atoms with Crippen LogP contribution in [-0.4, -0.2) is 42.7 Å². The molecule has 0 aliphatic heterocycles. The summed E-state index contributed by atoms with van der Waals surface area (Å²) in [6.45, 7) is 1.88. The van der Waals surface area contributed by atoms with E-state index in [1.54, 1.807) is 24.4 Å². The fourth-order valence-electron chi connectivity index (χ4n) is 4.85. The number of sulfonamides is 1. The van der Waals surface area contributed by atoms with Gasteiger partial charge < -0.3 is 5.32 Å². The summed E-state index contributed by atoms with van der Waals surface area (Å²) in [5, 5.41) is 5.97. The minimum absolute atomic E-state index is 0.109. The second-order valence-corrected chi connectivity index (χ2v) is 12.6. The van der Waals surface area contributed by atoms with Gasteiger partial charge >= 0.3 is 0 Å². The molecule has 11 heteroatoms. The highest BCUT2D eigenvalue weighted by molar-refractivity contribution is 7.89.